The summed E-state index contributed by atoms with van der Waals surface area (Å²) in [5, 5.41) is 10.7. The van der Waals surface area contributed by atoms with Crippen LogP contribution in [0.4, 0.5) is 14.4 Å². The number of aliphatic imine (C=N–C) groups is 2. The SMILES string of the molecule is C#CCOCCOCCOCCOCCCOC(=O)N(CCCC(=O)NCCO[C@@H]([C@@H]1OC(C(=O)OC)=C[C@H](N=C(N)N)[C@H]1NC(C)=O)[C@H]1COC(=O)O1)CCC(=O)NCCO[C@@H]([C@@H]1OC(C(=O)OC)=C[C@H](N=C(N)N)[C@H]1NC(C)=O)[C@H]1COC(=O)O1. The van der Waals surface area contributed by atoms with Crippen LogP contribution in [0.15, 0.2) is 33.7 Å². The first-order valence-corrected chi connectivity index (χ1v) is 27.5. The number of guanidine groups is 2. The van der Waals surface area contributed by atoms with Crippen LogP contribution in [-0.2, 0) is 99.8 Å². The Hall–Kier alpha value is -8.43. The third kappa shape index (κ3) is 25.6. The predicted molar refractivity (Wildman–Crippen MR) is 296 cm³/mol. The second-order valence-electron chi connectivity index (χ2n) is 19.0. The van der Waals surface area contributed by atoms with E-state index in [9.17, 15) is 43.2 Å². The molecule has 0 unspecified atom stereocenters. The molecule has 2 saturated heterocycles. The summed E-state index contributed by atoms with van der Waals surface area (Å²) in [6, 6.07) is -4.38. The van der Waals surface area contributed by atoms with Crippen molar-refractivity contribution in [3.8, 4) is 12.3 Å². The maximum Gasteiger partial charge on any atom is 0.508 e. The van der Waals surface area contributed by atoms with Gasteiger partial charge in [0.25, 0.3) is 0 Å². The highest BCUT2D eigenvalue weighted by molar-refractivity contribution is 5.88. The summed E-state index contributed by atoms with van der Waals surface area (Å²) in [7, 11) is 2.22. The normalized spacial score (nSPS) is 21.7. The van der Waals surface area contributed by atoms with Gasteiger partial charge in [0.1, 0.15) is 32.0 Å². The summed E-state index contributed by atoms with van der Waals surface area (Å²) in [6.07, 6.45) is -2.65. The maximum atomic E-state index is 13.5. The number of nitrogens with one attached hydrogen (secondary N) is 4. The van der Waals surface area contributed by atoms with Crippen molar-refractivity contribution in [3.05, 3.63) is 23.7 Å². The van der Waals surface area contributed by atoms with E-state index in [1.54, 1.807) is 0 Å². The molecule has 0 aromatic rings. The number of hydrogen-bond acceptors (Lipinski definition) is 26. The number of ether oxygens (including phenoxy) is 15. The van der Waals surface area contributed by atoms with E-state index >= 15 is 0 Å². The Kier molecular flexibility index (Phi) is 31.5. The molecule has 4 rings (SSSR count). The van der Waals surface area contributed by atoms with Crippen molar-refractivity contribution in [1.82, 2.24) is 26.2 Å². The first kappa shape index (κ1) is 71.1. The summed E-state index contributed by atoms with van der Waals surface area (Å²) in [6.45, 7) is 3.14. The van der Waals surface area contributed by atoms with Gasteiger partial charge in [-0.05, 0) is 18.6 Å². The lowest BCUT2D eigenvalue weighted by Crippen LogP contribution is -2.60. The van der Waals surface area contributed by atoms with Gasteiger partial charge in [0.05, 0.1) is 97.8 Å². The van der Waals surface area contributed by atoms with Crippen molar-refractivity contribution in [3.63, 3.8) is 0 Å². The Bertz CT molecular complexity index is 2470. The molecule has 4 aliphatic rings. The first-order chi connectivity index (χ1) is 41.7. The quantitative estimate of drug-likeness (QED) is 0.00725. The third-order valence-electron chi connectivity index (χ3n) is 12.5. The number of nitrogens with zero attached hydrogens (tertiary/aromatic N) is 3. The van der Waals surface area contributed by atoms with Crippen molar-refractivity contribution in [1.29, 1.82) is 0 Å². The molecule has 87 heavy (non-hydrogen) atoms. The van der Waals surface area contributed by atoms with Crippen molar-refractivity contribution >= 4 is 65.9 Å². The lowest BCUT2D eigenvalue weighted by molar-refractivity contribution is -0.152. The molecule has 0 radical (unpaired) electrons. The van der Waals surface area contributed by atoms with E-state index in [2.05, 4.69) is 37.2 Å². The van der Waals surface area contributed by atoms with Crippen LogP contribution in [0, 0.1) is 12.3 Å². The molecule has 4 aliphatic heterocycles. The van der Waals surface area contributed by atoms with E-state index in [4.69, 9.17) is 100 Å². The maximum absolute atomic E-state index is 13.5. The van der Waals surface area contributed by atoms with Gasteiger partial charge in [-0.1, -0.05) is 5.92 Å². The fraction of sp³-hybridized carbons (Fsp3) is 0.673. The van der Waals surface area contributed by atoms with Crippen molar-refractivity contribution in [2.45, 2.75) is 100 Å². The van der Waals surface area contributed by atoms with Crippen LogP contribution in [0.3, 0.4) is 0 Å². The van der Waals surface area contributed by atoms with Gasteiger partial charge in [0, 0.05) is 65.9 Å². The molecule has 4 heterocycles. The molecular weight excluding hydrogens is 1160 g/mol. The monoisotopic (exact) mass is 1240 g/mol. The summed E-state index contributed by atoms with van der Waals surface area (Å²) in [5.74, 6) is -3.04. The molecule has 0 aromatic carbocycles. The number of terminal acetylenes is 1. The fourth-order valence-corrected chi connectivity index (χ4v) is 8.73. The van der Waals surface area contributed by atoms with Crippen LogP contribution in [0.25, 0.3) is 0 Å². The Morgan fingerprint density at radius 2 is 1.07 bits per heavy atom. The Morgan fingerprint density at radius 3 is 1.48 bits per heavy atom. The van der Waals surface area contributed by atoms with E-state index in [-0.39, 0.29) is 116 Å². The zero-order valence-corrected chi connectivity index (χ0v) is 48.8. The summed E-state index contributed by atoms with van der Waals surface area (Å²) >= 11 is 0. The molecular formula is C52H79N11O24. The van der Waals surface area contributed by atoms with Crippen LogP contribution in [0.1, 0.15) is 39.5 Å². The lowest BCUT2D eigenvalue weighted by atomic mass is 9.92. The molecule has 0 aromatic heterocycles. The van der Waals surface area contributed by atoms with Crippen molar-refractivity contribution < 1.29 is 114 Å². The number of nitrogens with two attached hydrogens (primary N) is 4. The van der Waals surface area contributed by atoms with Crippen LogP contribution in [0.5, 0.6) is 0 Å². The minimum atomic E-state index is -1.31. The van der Waals surface area contributed by atoms with Gasteiger partial charge in [-0.3, -0.25) is 19.2 Å². The second kappa shape index (κ2) is 38.6. The Balaban J connectivity index is 1.36. The van der Waals surface area contributed by atoms with E-state index in [1.807, 2.05) is 0 Å². The number of carbonyl (C=O) groups is 9. The number of carbonyl (C=O) groups excluding carboxylic acids is 9. The summed E-state index contributed by atoms with van der Waals surface area (Å²) in [5.41, 5.74) is 22.7. The summed E-state index contributed by atoms with van der Waals surface area (Å²) < 4.78 is 81.7. The van der Waals surface area contributed by atoms with Gasteiger partial charge in [-0.15, -0.1) is 6.42 Å². The van der Waals surface area contributed by atoms with Crippen LogP contribution < -0.4 is 44.2 Å². The summed E-state index contributed by atoms with van der Waals surface area (Å²) in [4.78, 5) is 124. The van der Waals surface area contributed by atoms with Gasteiger partial charge >= 0.3 is 30.3 Å². The molecule has 0 aliphatic carbocycles. The first-order valence-electron chi connectivity index (χ1n) is 27.5. The highest BCUT2D eigenvalue weighted by Crippen LogP contribution is 2.31. The Labute approximate surface area is 500 Å². The molecule has 35 heteroatoms. The van der Waals surface area contributed by atoms with E-state index < -0.39 is 127 Å². The smallest absolute Gasteiger partial charge is 0.478 e. The van der Waals surface area contributed by atoms with E-state index in [1.165, 1.54) is 30.9 Å². The molecule has 12 N–H and O–H groups in total. The molecule has 10 atom stereocenters. The highest BCUT2D eigenvalue weighted by atomic mass is 16.8. The molecule has 5 amide bonds. The van der Waals surface area contributed by atoms with Gasteiger partial charge in [0.2, 0.25) is 35.1 Å². The fourth-order valence-electron chi connectivity index (χ4n) is 8.73. The molecule has 0 saturated carbocycles. The minimum absolute atomic E-state index is 0.0517. The number of cyclic esters (lactones) is 4. The van der Waals surface area contributed by atoms with E-state index in [0.717, 1.165) is 14.2 Å². The lowest BCUT2D eigenvalue weighted by Gasteiger charge is -2.40. The number of rotatable bonds is 39. The minimum Gasteiger partial charge on any atom is -0.478 e. The second-order valence-corrected chi connectivity index (χ2v) is 19.0. The van der Waals surface area contributed by atoms with Crippen LogP contribution >= 0.6 is 0 Å². The Morgan fingerprint density at radius 1 is 0.621 bits per heavy atom. The number of amides is 5. The average molecular weight is 1240 g/mol. The standard InChI is InChI=1S/C52H79N11O24/c1-6-15-75-20-22-77-24-25-78-23-21-76-16-8-17-81-50(70)63(14-10-39(67)58-12-19-80-43(37-29-83-52(72)87-37)45-41(60-31(3)65)33(62-49(55)56)27-35(85-45)47(69)74-5)13-7-9-38(66)57-11-18-79-42(36-28-82-51(71)86-36)44-40(59-30(2)64)32(61-48(53)54)26-34(84-44)46(68)73-4/h1,26-27,32-33,36-37,40-45H,7-25,28-29H2,2-5H3,(H,57,66)(H,58,67)(H,59,64)(H,60,65)(H4,53,54,61)(H4,55,56,62)/t32-,33-,36+,37+,40+,41+,42+,43+,44+,45+/m0/s1. The molecule has 35 nitrogen and oxygen atoms in total. The van der Waals surface area contributed by atoms with Gasteiger partial charge in [0.15, 0.2) is 36.3 Å². The van der Waals surface area contributed by atoms with E-state index in [0.29, 0.717) is 32.8 Å². The van der Waals surface area contributed by atoms with Crippen molar-refractivity contribution in [2.75, 3.05) is 126 Å². The van der Waals surface area contributed by atoms with Gasteiger partial charge < -0.3 is 120 Å². The topological polar surface area (TPSA) is 472 Å². The number of esters is 2. The van der Waals surface area contributed by atoms with Crippen molar-refractivity contribution in [2.24, 2.45) is 32.9 Å². The van der Waals surface area contributed by atoms with Crippen LogP contribution in [-0.4, -0.2) is 258 Å². The van der Waals surface area contributed by atoms with Gasteiger partial charge in [-0.25, -0.2) is 34.0 Å². The largest absolute Gasteiger partial charge is 0.508 e. The number of methoxy groups -OCH3 is 2. The van der Waals surface area contributed by atoms with Gasteiger partial charge in [-0.2, -0.15) is 0 Å². The van der Waals surface area contributed by atoms with Crippen LogP contribution in [0.2, 0.25) is 0 Å². The molecule has 2 fully saturated rings. The average Bonchev–Trinajstić information content (AvgIpc) is 2.02. The predicted octanol–water partition coefficient (Wildman–Crippen LogP) is -4.04. The zero-order chi connectivity index (χ0) is 63.7. The highest BCUT2D eigenvalue weighted by Gasteiger charge is 2.50. The zero-order valence-electron chi connectivity index (χ0n) is 48.8. The molecule has 0 bridgehead atoms. The molecule has 486 valence electrons. The molecule has 0 spiro atoms. The number of hydrogen-bond donors (Lipinski definition) is 8. The third-order valence-corrected chi connectivity index (χ3v) is 12.5.